The Morgan fingerprint density at radius 1 is 1.55 bits per heavy atom. The van der Waals surface area contributed by atoms with Gasteiger partial charge in [-0.1, -0.05) is 6.08 Å². The Morgan fingerprint density at radius 3 is 2.64 bits per heavy atom. The van der Waals surface area contributed by atoms with Gasteiger partial charge in [-0.05, 0) is 20.3 Å². The van der Waals surface area contributed by atoms with Crippen molar-refractivity contribution in [1.29, 1.82) is 0 Å². The summed E-state index contributed by atoms with van der Waals surface area (Å²) in [6.45, 7) is 6.26. The smallest absolute Gasteiger partial charge is 0.354 e. The van der Waals surface area contributed by atoms with E-state index in [1.165, 1.54) is 10.4 Å². The van der Waals surface area contributed by atoms with Gasteiger partial charge in [-0.25, -0.2) is 0 Å². The fraction of sp³-hybridized carbons (Fsp3) is 0.727. The predicted octanol–water partition coefficient (Wildman–Crippen LogP) is 0.897. The molecule has 0 bridgehead atoms. The molecular formula is C11H17F3N2O5S. The monoisotopic (exact) mass is 346 g/mol. The SMILES string of the molecule is C=CC[C@H]1COC(C)(C)N1C(=O)CNOS(=O)(=O)C(F)(F)F. The van der Waals surface area contributed by atoms with Crippen molar-refractivity contribution in [2.75, 3.05) is 13.2 Å². The number of carbonyl (C=O) groups is 1. The summed E-state index contributed by atoms with van der Waals surface area (Å²) in [5.41, 5.74) is -5.00. The number of ether oxygens (including phenoxy) is 1. The summed E-state index contributed by atoms with van der Waals surface area (Å²) >= 11 is 0. The summed E-state index contributed by atoms with van der Waals surface area (Å²) in [7, 11) is -5.80. The third-order valence-corrected chi connectivity index (χ3v) is 3.86. The second-order valence-electron chi connectivity index (χ2n) is 5.00. The molecule has 22 heavy (non-hydrogen) atoms. The fourth-order valence-electron chi connectivity index (χ4n) is 2.05. The average molecular weight is 346 g/mol. The fourth-order valence-corrected chi connectivity index (χ4v) is 2.36. The Morgan fingerprint density at radius 2 is 2.14 bits per heavy atom. The van der Waals surface area contributed by atoms with E-state index in [-0.39, 0.29) is 12.6 Å². The molecule has 0 unspecified atom stereocenters. The normalized spacial score (nSPS) is 21.9. The van der Waals surface area contributed by atoms with Crippen molar-refractivity contribution in [3.63, 3.8) is 0 Å². The highest BCUT2D eigenvalue weighted by Crippen LogP contribution is 2.29. The highest BCUT2D eigenvalue weighted by molar-refractivity contribution is 7.87. The Labute approximate surface area is 126 Å². The Bertz CT molecular complexity index is 532. The third-order valence-electron chi connectivity index (χ3n) is 2.96. The van der Waals surface area contributed by atoms with Gasteiger partial charge >= 0.3 is 15.6 Å². The molecule has 1 atom stereocenters. The molecule has 11 heteroatoms. The topological polar surface area (TPSA) is 84.9 Å². The van der Waals surface area contributed by atoms with Crippen molar-refractivity contribution in [3.05, 3.63) is 12.7 Å². The van der Waals surface area contributed by atoms with Crippen LogP contribution in [0.25, 0.3) is 0 Å². The van der Waals surface area contributed by atoms with E-state index >= 15 is 0 Å². The summed E-state index contributed by atoms with van der Waals surface area (Å²) in [4.78, 5) is 13.4. The number of hydroxylamine groups is 1. The average Bonchev–Trinajstić information content (AvgIpc) is 2.63. The molecule has 0 saturated carbocycles. The molecule has 0 radical (unpaired) electrons. The van der Waals surface area contributed by atoms with Crippen molar-refractivity contribution in [2.45, 2.75) is 37.5 Å². The second-order valence-corrected chi connectivity index (χ2v) is 6.54. The zero-order valence-corrected chi connectivity index (χ0v) is 12.8. The lowest BCUT2D eigenvalue weighted by molar-refractivity contribution is -0.146. The molecule has 7 nitrogen and oxygen atoms in total. The summed E-state index contributed by atoms with van der Waals surface area (Å²) in [5.74, 6) is -0.660. The molecule has 0 aromatic rings. The molecular weight excluding hydrogens is 329 g/mol. The quantitative estimate of drug-likeness (QED) is 0.437. The number of hydrogen-bond donors (Lipinski definition) is 1. The van der Waals surface area contributed by atoms with Crippen molar-refractivity contribution >= 4 is 16.0 Å². The molecule has 1 amide bonds. The summed E-state index contributed by atoms with van der Waals surface area (Å²) in [6.07, 6.45) is 2.00. The zero-order chi connectivity index (χ0) is 17.2. The van der Waals surface area contributed by atoms with Crippen LogP contribution in [0.2, 0.25) is 0 Å². The van der Waals surface area contributed by atoms with Gasteiger partial charge < -0.3 is 9.64 Å². The van der Waals surface area contributed by atoms with Crippen LogP contribution in [-0.4, -0.2) is 49.7 Å². The van der Waals surface area contributed by atoms with Crippen LogP contribution >= 0.6 is 0 Å². The minimum absolute atomic E-state index is 0.243. The standard InChI is InChI=1S/C11H17F3N2O5S/c1-4-5-8-7-20-10(2,3)16(8)9(17)6-15-21-22(18,19)11(12,13)14/h4,8,15H,1,5-7H2,2-3H3/t8-/m0/s1. The van der Waals surface area contributed by atoms with Crippen LogP contribution in [-0.2, 0) is 23.9 Å². The van der Waals surface area contributed by atoms with E-state index in [0.717, 1.165) is 0 Å². The lowest BCUT2D eigenvalue weighted by Gasteiger charge is -2.33. The Balaban J connectivity index is 2.66. The van der Waals surface area contributed by atoms with Crippen LogP contribution in [0, 0.1) is 0 Å². The van der Waals surface area contributed by atoms with Crippen LogP contribution in [0.5, 0.6) is 0 Å². The number of alkyl halides is 3. The first-order valence-corrected chi connectivity index (χ1v) is 7.63. The molecule has 0 aliphatic carbocycles. The minimum Gasteiger partial charge on any atom is -0.354 e. The first kappa shape index (κ1) is 18.9. The van der Waals surface area contributed by atoms with Crippen LogP contribution in [0.3, 0.4) is 0 Å². The highest BCUT2D eigenvalue weighted by atomic mass is 32.2. The number of hydrogen-bond acceptors (Lipinski definition) is 6. The van der Waals surface area contributed by atoms with Gasteiger partial charge in [0.2, 0.25) is 5.91 Å². The van der Waals surface area contributed by atoms with Crippen LogP contribution < -0.4 is 5.48 Å². The van der Waals surface area contributed by atoms with E-state index in [1.54, 1.807) is 19.9 Å². The van der Waals surface area contributed by atoms with Crippen LogP contribution in [0.4, 0.5) is 13.2 Å². The highest BCUT2D eigenvalue weighted by Gasteiger charge is 2.48. The number of nitrogens with one attached hydrogen (secondary N) is 1. The molecule has 1 N–H and O–H groups in total. The van der Waals surface area contributed by atoms with E-state index < -0.39 is 33.8 Å². The summed E-state index contributed by atoms with van der Waals surface area (Å²) in [6, 6.07) is -0.332. The van der Waals surface area contributed by atoms with E-state index in [1.807, 2.05) is 0 Å². The number of carbonyl (C=O) groups excluding carboxylic acids is 1. The first-order valence-electron chi connectivity index (χ1n) is 6.22. The number of nitrogens with zero attached hydrogens (tertiary/aromatic N) is 1. The predicted molar refractivity (Wildman–Crippen MR) is 69.5 cm³/mol. The number of amides is 1. The van der Waals surface area contributed by atoms with Gasteiger partial charge in [-0.3, -0.25) is 4.79 Å². The molecule has 0 aromatic heterocycles. The maximum Gasteiger partial charge on any atom is 0.524 e. The van der Waals surface area contributed by atoms with Gasteiger partial charge in [0, 0.05) is 0 Å². The summed E-state index contributed by atoms with van der Waals surface area (Å²) in [5, 5.41) is 0. The largest absolute Gasteiger partial charge is 0.524 e. The van der Waals surface area contributed by atoms with Crippen LogP contribution in [0.1, 0.15) is 20.3 Å². The Hall–Kier alpha value is -1.17. The van der Waals surface area contributed by atoms with Crippen molar-refractivity contribution < 1.29 is 35.4 Å². The maximum absolute atomic E-state index is 12.1. The zero-order valence-electron chi connectivity index (χ0n) is 12.0. The molecule has 128 valence electrons. The number of rotatable bonds is 6. The molecule has 1 aliphatic heterocycles. The van der Waals surface area contributed by atoms with Gasteiger partial charge in [0.25, 0.3) is 0 Å². The Kier molecular flexibility index (Phi) is 5.60. The molecule has 1 rings (SSSR count). The van der Waals surface area contributed by atoms with E-state index in [0.29, 0.717) is 6.42 Å². The van der Waals surface area contributed by atoms with Crippen molar-refractivity contribution in [3.8, 4) is 0 Å². The summed E-state index contributed by atoms with van der Waals surface area (Å²) < 4.78 is 66.6. The van der Waals surface area contributed by atoms with Gasteiger partial charge in [0.1, 0.15) is 12.3 Å². The minimum atomic E-state index is -5.80. The first-order chi connectivity index (χ1) is 9.92. The van der Waals surface area contributed by atoms with Gasteiger partial charge in [0.15, 0.2) is 0 Å². The lowest BCUT2D eigenvalue weighted by atomic mass is 10.1. The third kappa shape index (κ3) is 4.18. The van der Waals surface area contributed by atoms with Gasteiger partial charge in [-0.15, -0.1) is 6.58 Å². The molecule has 0 aromatic carbocycles. The van der Waals surface area contributed by atoms with Crippen molar-refractivity contribution in [2.24, 2.45) is 0 Å². The van der Waals surface area contributed by atoms with Crippen molar-refractivity contribution in [1.82, 2.24) is 10.4 Å². The lowest BCUT2D eigenvalue weighted by Crippen LogP contribution is -2.51. The molecule has 0 spiro atoms. The van der Waals surface area contributed by atoms with Gasteiger partial charge in [-0.2, -0.15) is 31.4 Å². The van der Waals surface area contributed by atoms with Crippen LogP contribution in [0.15, 0.2) is 12.7 Å². The van der Waals surface area contributed by atoms with Gasteiger partial charge in [0.05, 0.1) is 12.6 Å². The number of halogens is 3. The van der Waals surface area contributed by atoms with E-state index in [9.17, 15) is 26.4 Å². The van der Waals surface area contributed by atoms with E-state index in [4.69, 9.17) is 4.74 Å². The maximum atomic E-state index is 12.1. The second kappa shape index (κ2) is 6.52. The van der Waals surface area contributed by atoms with E-state index in [2.05, 4.69) is 10.9 Å². The molecule has 1 aliphatic rings. The molecule has 1 heterocycles. The molecule has 1 saturated heterocycles. The molecule has 1 fully saturated rings.